The van der Waals surface area contributed by atoms with Gasteiger partial charge in [0.2, 0.25) is 0 Å². The SMILES string of the molecule is CC(C)N1CCC(CC(=O)CN2CCOCC2)(Cc2ccccn2)CC1. The van der Waals surface area contributed by atoms with E-state index in [2.05, 4.69) is 40.8 Å². The maximum Gasteiger partial charge on any atom is 0.147 e. The number of piperidine rings is 1. The van der Waals surface area contributed by atoms with Gasteiger partial charge in [-0.05, 0) is 63.7 Å². The highest BCUT2D eigenvalue weighted by atomic mass is 16.5. The number of hydrogen-bond acceptors (Lipinski definition) is 5. The smallest absolute Gasteiger partial charge is 0.147 e. The zero-order valence-electron chi connectivity index (χ0n) is 16.3. The molecule has 1 aromatic heterocycles. The first-order valence-corrected chi connectivity index (χ1v) is 10.0. The second kappa shape index (κ2) is 9.07. The molecule has 0 N–H and O–H groups in total. The van der Waals surface area contributed by atoms with Crippen molar-refractivity contribution in [2.45, 2.75) is 45.6 Å². The number of likely N-dealkylation sites (tertiary alicyclic amines) is 1. The summed E-state index contributed by atoms with van der Waals surface area (Å²) in [6.07, 6.45) is 5.61. The fourth-order valence-corrected chi connectivity index (χ4v) is 4.30. The molecular formula is C21H33N3O2. The van der Waals surface area contributed by atoms with Gasteiger partial charge in [-0.3, -0.25) is 14.7 Å². The lowest BCUT2D eigenvalue weighted by atomic mass is 9.71. The molecule has 1 aromatic rings. The predicted octanol–water partition coefficient (Wildman–Crippen LogP) is 2.41. The van der Waals surface area contributed by atoms with E-state index in [0.29, 0.717) is 24.8 Å². The van der Waals surface area contributed by atoms with E-state index in [9.17, 15) is 4.79 Å². The van der Waals surface area contributed by atoms with Crippen LogP contribution in [0.2, 0.25) is 0 Å². The Hall–Kier alpha value is -1.30. The van der Waals surface area contributed by atoms with Crippen molar-refractivity contribution in [1.29, 1.82) is 0 Å². The lowest BCUT2D eigenvalue weighted by molar-refractivity contribution is -0.124. The first-order valence-electron chi connectivity index (χ1n) is 10.0. The van der Waals surface area contributed by atoms with Crippen LogP contribution < -0.4 is 0 Å². The summed E-state index contributed by atoms with van der Waals surface area (Å²) in [6.45, 7) is 10.5. The molecule has 0 atom stereocenters. The number of ether oxygens (including phenoxy) is 1. The van der Waals surface area contributed by atoms with E-state index >= 15 is 0 Å². The number of nitrogens with zero attached hydrogens (tertiary/aromatic N) is 3. The van der Waals surface area contributed by atoms with Gasteiger partial charge in [-0.25, -0.2) is 0 Å². The molecule has 0 spiro atoms. The number of pyridine rings is 1. The van der Waals surface area contributed by atoms with Crippen molar-refractivity contribution in [3.63, 3.8) is 0 Å². The number of hydrogen-bond donors (Lipinski definition) is 0. The van der Waals surface area contributed by atoms with Crippen molar-refractivity contribution < 1.29 is 9.53 Å². The summed E-state index contributed by atoms with van der Waals surface area (Å²) in [5, 5.41) is 0. The van der Waals surface area contributed by atoms with Crippen molar-refractivity contribution in [3.05, 3.63) is 30.1 Å². The van der Waals surface area contributed by atoms with E-state index in [1.54, 1.807) is 0 Å². The van der Waals surface area contributed by atoms with Crippen LogP contribution in [0.25, 0.3) is 0 Å². The topological polar surface area (TPSA) is 45.7 Å². The summed E-state index contributed by atoms with van der Waals surface area (Å²) in [5.41, 5.74) is 1.17. The Kier molecular flexibility index (Phi) is 6.79. The minimum Gasteiger partial charge on any atom is -0.379 e. The quantitative estimate of drug-likeness (QED) is 0.748. The molecule has 0 saturated carbocycles. The van der Waals surface area contributed by atoms with Crippen molar-refractivity contribution in [2.75, 3.05) is 45.9 Å². The van der Waals surface area contributed by atoms with Gasteiger partial charge in [0.25, 0.3) is 0 Å². The van der Waals surface area contributed by atoms with E-state index in [0.717, 1.165) is 64.3 Å². The maximum atomic E-state index is 12.9. The number of aromatic nitrogens is 1. The lowest BCUT2D eigenvalue weighted by Gasteiger charge is -2.43. The van der Waals surface area contributed by atoms with Gasteiger partial charge >= 0.3 is 0 Å². The molecule has 2 saturated heterocycles. The van der Waals surface area contributed by atoms with Crippen LogP contribution in [-0.2, 0) is 16.0 Å². The molecule has 0 bridgehead atoms. The van der Waals surface area contributed by atoms with Crippen LogP contribution in [0, 0.1) is 5.41 Å². The van der Waals surface area contributed by atoms with Crippen molar-refractivity contribution in [1.82, 2.24) is 14.8 Å². The van der Waals surface area contributed by atoms with Crippen LogP contribution in [-0.4, -0.2) is 72.5 Å². The van der Waals surface area contributed by atoms with Crippen molar-refractivity contribution >= 4 is 5.78 Å². The summed E-state index contributed by atoms with van der Waals surface area (Å²) in [7, 11) is 0. The number of morpholine rings is 1. The zero-order chi connectivity index (χ0) is 18.4. The molecule has 5 nitrogen and oxygen atoms in total. The molecule has 0 amide bonds. The van der Waals surface area contributed by atoms with E-state index in [1.165, 1.54) is 0 Å². The summed E-state index contributed by atoms with van der Waals surface area (Å²) in [5.74, 6) is 0.376. The van der Waals surface area contributed by atoms with Crippen molar-refractivity contribution in [2.24, 2.45) is 5.41 Å². The third-order valence-corrected chi connectivity index (χ3v) is 5.95. The van der Waals surface area contributed by atoms with Crippen LogP contribution >= 0.6 is 0 Å². The molecule has 144 valence electrons. The number of ketones is 1. The largest absolute Gasteiger partial charge is 0.379 e. The van der Waals surface area contributed by atoms with Crippen LogP contribution in [0.1, 0.15) is 38.8 Å². The first-order chi connectivity index (χ1) is 12.6. The van der Waals surface area contributed by atoms with Gasteiger partial charge in [0.05, 0.1) is 19.8 Å². The molecule has 3 rings (SSSR count). The third kappa shape index (κ3) is 5.35. The minimum absolute atomic E-state index is 0.0586. The molecule has 2 aliphatic heterocycles. The molecule has 0 radical (unpaired) electrons. The summed E-state index contributed by atoms with van der Waals surface area (Å²) in [6, 6.07) is 6.69. The van der Waals surface area contributed by atoms with Gasteiger partial charge in [-0.2, -0.15) is 0 Å². The molecule has 2 aliphatic rings. The Labute approximate surface area is 157 Å². The van der Waals surface area contributed by atoms with Crippen LogP contribution in [0.4, 0.5) is 0 Å². The molecule has 26 heavy (non-hydrogen) atoms. The predicted molar refractivity (Wildman–Crippen MR) is 103 cm³/mol. The monoisotopic (exact) mass is 359 g/mol. The van der Waals surface area contributed by atoms with Gasteiger partial charge in [0, 0.05) is 37.4 Å². The standard InChI is InChI=1S/C21H33N3O2/c1-18(2)24-9-6-21(7-10-24,15-19-5-3-4-8-22-19)16-20(25)17-23-11-13-26-14-12-23/h3-5,8,18H,6-7,9-17H2,1-2H3. The second-order valence-corrected chi connectivity index (χ2v) is 8.23. The zero-order valence-corrected chi connectivity index (χ0v) is 16.3. The highest BCUT2D eigenvalue weighted by Gasteiger charge is 2.37. The van der Waals surface area contributed by atoms with Gasteiger partial charge in [0.1, 0.15) is 5.78 Å². The number of rotatable bonds is 7. The first kappa shape index (κ1) is 19.5. The van der Waals surface area contributed by atoms with E-state index in [1.807, 2.05) is 12.3 Å². The average molecular weight is 360 g/mol. The summed E-state index contributed by atoms with van der Waals surface area (Å²) >= 11 is 0. The van der Waals surface area contributed by atoms with Crippen LogP contribution in [0.3, 0.4) is 0 Å². The molecular weight excluding hydrogens is 326 g/mol. The maximum absolute atomic E-state index is 12.9. The highest BCUT2D eigenvalue weighted by Crippen LogP contribution is 2.39. The number of Topliss-reactive ketones (excluding diaryl/α,β-unsaturated/α-hetero) is 1. The van der Waals surface area contributed by atoms with E-state index in [4.69, 9.17) is 4.74 Å². The highest BCUT2D eigenvalue weighted by molar-refractivity contribution is 5.81. The Balaban J connectivity index is 1.65. The molecule has 0 unspecified atom stereocenters. The van der Waals surface area contributed by atoms with Gasteiger partial charge in [0.15, 0.2) is 0 Å². The number of carbonyl (C=O) groups is 1. The summed E-state index contributed by atoms with van der Waals surface area (Å²) < 4.78 is 5.40. The van der Waals surface area contributed by atoms with Crippen molar-refractivity contribution in [3.8, 4) is 0 Å². The van der Waals surface area contributed by atoms with E-state index in [-0.39, 0.29) is 5.41 Å². The van der Waals surface area contributed by atoms with E-state index < -0.39 is 0 Å². The molecule has 3 heterocycles. The fraction of sp³-hybridized carbons (Fsp3) is 0.714. The van der Waals surface area contributed by atoms with Crippen LogP contribution in [0.5, 0.6) is 0 Å². The fourth-order valence-electron chi connectivity index (χ4n) is 4.30. The number of carbonyl (C=O) groups excluding carboxylic acids is 1. The normalized spacial score (nSPS) is 21.8. The molecule has 0 aliphatic carbocycles. The molecule has 2 fully saturated rings. The molecule has 5 heteroatoms. The van der Waals surface area contributed by atoms with Gasteiger partial charge in [-0.1, -0.05) is 6.07 Å². The Morgan fingerprint density at radius 3 is 2.54 bits per heavy atom. The second-order valence-electron chi connectivity index (χ2n) is 8.23. The average Bonchev–Trinajstić information content (AvgIpc) is 2.63. The van der Waals surface area contributed by atoms with Gasteiger partial charge in [-0.15, -0.1) is 0 Å². The molecule has 0 aromatic carbocycles. The lowest BCUT2D eigenvalue weighted by Crippen LogP contribution is -2.46. The summed E-state index contributed by atoms with van der Waals surface area (Å²) in [4.78, 5) is 22.2. The Morgan fingerprint density at radius 1 is 1.19 bits per heavy atom. The third-order valence-electron chi connectivity index (χ3n) is 5.95. The van der Waals surface area contributed by atoms with Crippen LogP contribution in [0.15, 0.2) is 24.4 Å². The Morgan fingerprint density at radius 2 is 1.92 bits per heavy atom. The van der Waals surface area contributed by atoms with Gasteiger partial charge < -0.3 is 9.64 Å². The Bertz CT molecular complexity index is 562. The minimum atomic E-state index is 0.0586.